The second kappa shape index (κ2) is 6.55. The Hall–Kier alpha value is -2.29. The predicted octanol–water partition coefficient (Wildman–Crippen LogP) is 3.44. The average Bonchev–Trinajstić information content (AvgIpc) is 2.81. The van der Waals surface area contributed by atoms with Crippen molar-refractivity contribution in [1.82, 2.24) is 0 Å². The van der Waals surface area contributed by atoms with E-state index < -0.39 is 18.3 Å². The first kappa shape index (κ1) is 17.5. The molecule has 3 rings (SSSR count). The Morgan fingerprint density at radius 2 is 1.64 bits per heavy atom. The third kappa shape index (κ3) is 3.56. The minimum atomic E-state index is -0.553. The van der Waals surface area contributed by atoms with Gasteiger partial charge in [0.1, 0.15) is 12.4 Å². The van der Waals surface area contributed by atoms with Gasteiger partial charge in [0.05, 0.1) is 22.8 Å². The lowest BCUT2D eigenvalue weighted by Gasteiger charge is -2.32. The normalized spacial score (nSPS) is 18.0. The summed E-state index contributed by atoms with van der Waals surface area (Å²) < 4.78 is 17.9. The Kier molecular flexibility index (Phi) is 4.59. The summed E-state index contributed by atoms with van der Waals surface area (Å²) in [6.45, 7) is 8.45. The Labute approximate surface area is 149 Å². The van der Waals surface area contributed by atoms with Crippen molar-refractivity contribution >= 4 is 12.6 Å². The Bertz CT molecular complexity index is 780. The van der Waals surface area contributed by atoms with Gasteiger partial charge >= 0.3 is 7.12 Å². The minimum Gasteiger partial charge on any atom is -0.489 e. The molecular formula is C20H22BNO3. The summed E-state index contributed by atoms with van der Waals surface area (Å²) in [6, 6.07) is 17.6. The summed E-state index contributed by atoms with van der Waals surface area (Å²) in [5.41, 5.74) is 1.44. The molecule has 0 spiro atoms. The van der Waals surface area contributed by atoms with Crippen LogP contribution in [0, 0.1) is 11.3 Å². The molecule has 0 saturated carbocycles. The first-order chi connectivity index (χ1) is 11.8. The zero-order valence-electron chi connectivity index (χ0n) is 15.1. The van der Waals surface area contributed by atoms with Gasteiger partial charge in [0.15, 0.2) is 0 Å². The molecule has 2 aromatic rings. The molecule has 1 heterocycles. The van der Waals surface area contributed by atoms with Crippen LogP contribution in [0.15, 0.2) is 48.5 Å². The second-order valence-electron chi connectivity index (χ2n) is 7.22. The SMILES string of the molecule is CC1(C)OB(c2ccc(OCc3ccccc3)cc2C#N)OC1(C)C. The van der Waals surface area contributed by atoms with Crippen molar-refractivity contribution in [2.75, 3.05) is 0 Å². The Morgan fingerprint density at radius 1 is 1.00 bits per heavy atom. The molecular weight excluding hydrogens is 313 g/mol. The van der Waals surface area contributed by atoms with Crippen LogP contribution in [-0.4, -0.2) is 18.3 Å². The molecule has 0 amide bonds. The summed E-state index contributed by atoms with van der Waals surface area (Å²) >= 11 is 0. The van der Waals surface area contributed by atoms with Crippen LogP contribution < -0.4 is 10.2 Å². The highest BCUT2D eigenvalue weighted by Gasteiger charge is 2.52. The van der Waals surface area contributed by atoms with Crippen LogP contribution in [-0.2, 0) is 15.9 Å². The van der Waals surface area contributed by atoms with Gasteiger partial charge in [-0.1, -0.05) is 36.4 Å². The monoisotopic (exact) mass is 335 g/mol. The fraction of sp³-hybridized carbons (Fsp3) is 0.350. The summed E-state index contributed by atoms with van der Waals surface area (Å²) in [4.78, 5) is 0. The Morgan fingerprint density at radius 3 is 2.24 bits per heavy atom. The van der Waals surface area contributed by atoms with Crippen LogP contribution in [0.25, 0.3) is 0 Å². The smallest absolute Gasteiger partial charge is 0.489 e. The number of nitriles is 1. The molecule has 5 heteroatoms. The van der Waals surface area contributed by atoms with E-state index in [1.807, 2.05) is 70.2 Å². The number of ether oxygens (including phenoxy) is 1. The van der Waals surface area contributed by atoms with Crippen molar-refractivity contribution in [1.29, 1.82) is 5.26 Å². The zero-order valence-corrected chi connectivity index (χ0v) is 15.1. The topological polar surface area (TPSA) is 51.5 Å². The molecule has 128 valence electrons. The number of benzene rings is 2. The third-order valence-electron chi connectivity index (χ3n) is 4.90. The van der Waals surface area contributed by atoms with Gasteiger partial charge in [0, 0.05) is 5.46 Å². The minimum absolute atomic E-state index is 0.438. The van der Waals surface area contributed by atoms with Crippen molar-refractivity contribution in [3.05, 3.63) is 59.7 Å². The zero-order chi connectivity index (χ0) is 18.1. The molecule has 0 aliphatic carbocycles. The van der Waals surface area contributed by atoms with Crippen LogP contribution in [0.1, 0.15) is 38.8 Å². The van der Waals surface area contributed by atoms with E-state index in [0.29, 0.717) is 17.9 Å². The van der Waals surface area contributed by atoms with Gasteiger partial charge in [-0.15, -0.1) is 0 Å². The maximum atomic E-state index is 9.53. The van der Waals surface area contributed by atoms with Gasteiger partial charge in [-0.05, 0) is 45.4 Å². The van der Waals surface area contributed by atoms with E-state index >= 15 is 0 Å². The third-order valence-corrected chi connectivity index (χ3v) is 4.90. The molecule has 1 fully saturated rings. The second-order valence-corrected chi connectivity index (χ2v) is 7.22. The van der Waals surface area contributed by atoms with Crippen LogP contribution >= 0.6 is 0 Å². The van der Waals surface area contributed by atoms with E-state index in [2.05, 4.69) is 6.07 Å². The maximum absolute atomic E-state index is 9.53. The molecule has 1 saturated heterocycles. The van der Waals surface area contributed by atoms with Gasteiger partial charge in [0.2, 0.25) is 0 Å². The first-order valence-electron chi connectivity index (χ1n) is 8.39. The standard InChI is InChI=1S/C20H22BNO3/c1-19(2)20(3,4)25-21(24-19)18-11-10-17(12-16(18)13-22)23-14-15-8-6-5-7-9-15/h5-12H,14H2,1-4H3. The average molecular weight is 335 g/mol. The van der Waals surface area contributed by atoms with Crippen molar-refractivity contribution in [3.8, 4) is 11.8 Å². The highest BCUT2D eigenvalue weighted by molar-refractivity contribution is 6.62. The van der Waals surface area contributed by atoms with E-state index in [-0.39, 0.29) is 0 Å². The van der Waals surface area contributed by atoms with E-state index in [1.54, 1.807) is 6.07 Å². The molecule has 0 atom stereocenters. The predicted molar refractivity (Wildman–Crippen MR) is 97.6 cm³/mol. The molecule has 0 radical (unpaired) electrons. The van der Waals surface area contributed by atoms with Gasteiger partial charge in [-0.2, -0.15) is 5.26 Å². The molecule has 4 nitrogen and oxygen atoms in total. The fourth-order valence-corrected chi connectivity index (χ4v) is 2.64. The highest BCUT2D eigenvalue weighted by atomic mass is 16.7. The summed E-state index contributed by atoms with van der Waals surface area (Å²) in [7, 11) is -0.553. The summed E-state index contributed by atoms with van der Waals surface area (Å²) in [5, 5.41) is 9.53. The van der Waals surface area contributed by atoms with Crippen LogP contribution in [0.2, 0.25) is 0 Å². The van der Waals surface area contributed by atoms with E-state index in [0.717, 1.165) is 11.0 Å². The fourth-order valence-electron chi connectivity index (χ4n) is 2.64. The van der Waals surface area contributed by atoms with Gasteiger partial charge < -0.3 is 14.0 Å². The quantitative estimate of drug-likeness (QED) is 0.803. The van der Waals surface area contributed by atoms with Gasteiger partial charge in [-0.3, -0.25) is 0 Å². The molecule has 1 aliphatic rings. The number of hydrogen-bond donors (Lipinski definition) is 0. The molecule has 0 bridgehead atoms. The maximum Gasteiger partial charge on any atom is 0.496 e. The molecule has 0 unspecified atom stereocenters. The highest BCUT2D eigenvalue weighted by Crippen LogP contribution is 2.36. The first-order valence-corrected chi connectivity index (χ1v) is 8.39. The van der Waals surface area contributed by atoms with Crippen LogP contribution in [0.4, 0.5) is 0 Å². The molecule has 0 aromatic heterocycles. The largest absolute Gasteiger partial charge is 0.496 e. The van der Waals surface area contributed by atoms with Gasteiger partial charge in [-0.25, -0.2) is 0 Å². The lowest BCUT2D eigenvalue weighted by Crippen LogP contribution is -2.41. The number of rotatable bonds is 4. The molecule has 2 aromatic carbocycles. The van der Waals surface area contributed by atoms with E-state index in [4.69, 9.17) is 14.0 Å². The summed E-state index contributed by atoms with van der Waals surface area (Å²) in [5.74, 6) is 0.653. The van der Waals surface area contributed by atoms with Gasteiger partial charge in [0.25, 0.3) is 0 Å². The molecule has 25 heavy (non-hydrogen) atoms. The lowest BCUT2D eigenvalue weighted by atomic mass is 9.76. The number of hydrogen-bond acceptors (Lipinski definition) is 4. The van der Waals surface area contributed by atoms with Crippen molar-refractivity contribution < 1.29 is 14.0 Å². The van der Waals surface area contributed by atoms with Crippen molar-refractivity contribution in [2.24, 2.45) is 0 Å². The number of nitrogens with zero attached hydrogens (tertiary/aromatic N) is 1. The van der Waals surface area contributed by atoms with Crippen molar-refractivity contribution in [2.45, 2.75) is 45.5 Å². The molecule has 1 aliphatic heterocycles. The Balaban J connectivity index is 1.78. The summed E-state index contributed by atoms with van der Waals surface area (Å²) in [6.07, 6.45) is 0. The van der Waals surface area contributed by atoms with Crippen LogP contribution in [0.5, 0.6) is 5.75 Å². The van der Waals surface area contributed by atoms with Crippen LogP contribution in [0.3, 0.4) is 0 Å². The lowest BCUT2D eigenvalue weighted by molar-refractivity contribution is 0.00578. The van der Waals surface area contributed by atoms with Crippen molar-refractivity contribution in [3.63, 3.8) is 0 Å². The molecule has 0 N–H and O–H groups in total. The van der Waals surface area contributed by atoms with E-state index in [9.17, 15) is 5.26 Å². The van der Waals surface area contributed by atoms with E-state index in [1.165, 1.54) is 0 Å².